The van der Waals surface area contributed by atoms with E-state index in [0.717, 1.165) is 40.3 Å². The van der Waals surface area contributed by atoms with E-state index in [1.165, 1.54) is 25.1 Å². The first kappa shape index (κ1) is 28.8. The Bertz CT molecular complexity index is 1680. The first-order valence-corrected chi connectivity index (χ1v) is 12.1. The lowest BCUT2D eigenvalue weighted by molar-refractivity contribution is -0.139. The third-order valence-corrected chi connectivity index (χ3v) is 6.80. The fourth-order valence-electron chi connectivity index (χ4n) is 3.83. The molecule has 0 N–H and O–H groups in total. The zero-order valence-electron chi connectivity index (χ0n) is 20.1. The second-order valence-electron chi connectivity index (χ2n) is 8.23. The van der Waals surface area contributed by atoms with Crippen LogP contribution in [-0.4, -0.2) is 16.2 Å². The number of hydrogen-bond acceptors (Lipinski definition) is 5. The highest BCUT2D eigenvalue weighted by Gasteiger charge is 2.37. The highest BCUT2D eigenvalue weighted by molar-refractivity contribution is 7.18. The van der Waals surface area contributed by atoms with E-state index in [1.54, 1.807) is 0 Å². The molecule has 0 unspecified atom stereocenters. The number of aromatic nitrogens is 2. The van der Waals surface area contributed by atoms with Crippen LogP contribution in [0.25, 0.3) is 21.0 Å². The average Bonchev–Trinajstić information content (AvgIpc) is 3.35. The molecule has 4 aromatic rings. The van der Waals surface area contributed by atoms with Crippen LogP contribution in [0.3, 0.4) is 0 Å². The Kier molecular flexibility index (Phi) is 7.71. The standard InChI is InChI=1S/C26H15F8N3O2S/c1-2-39-23-18(26(32,33)34)7-14(11-36-23)21-5-6-22(40-21)20-9-17(25(29,30)31)16(10-35)24(38)37(20)12-13-3-4-15(27)8-19(13)28/h3-9,11H,2,12H2,1H3. The van der Waals surface area contributed by atoms with Crippen molar-refractivity contribution in [3.8, 4) is 33.0 Å². The Balaban J connectivity index is 1.91. The van der Waals surface area contributed by atoms with E-state index in [-0.39, 0.29) is 33.2 Å². The molecule has 4 rings (SSSR count). The summed E-state index contributed by atoms with van der Waals surface area (Å²) in [5, 5.41) is 9.32. The van der Waals surface area contributed by atoms with Crippen molar-refractivity contribution < 1.29 is 39.9 Å². The molecule has 0 aliphatic rings. The van der Waals surface area contributed by atoms with Gasteiger partial charge in [0.15, 0.2) is 0 Å². The summed E-state index contributed by atoms with van der Waals surface area (Å²) < 4.78 is 116. The van der Waals surface area contributed by atoms with Crippen molar-refractivity contribution in [1.29, 1.82) is 5.26 Å². The molecular weight excluding hydrogens is 570 g/mol. The van der Waals surface area contributed by atoms with Gasteiger partial charge in [0.05, 0.1) is 29.3 Å². The third kappa shape index (κ3) is 5.69. The molecule has 0 bridgehead atoms. The molecule has 0 saturated carbocycles. The Morgan fingerprint density at radius 2 is 1.65 bits per heavy atom. The molecule has 0 radical (unpaired) electrons. The van der Waals surface area contributed by atoms with Gasteiger partial charge in [-0.05, 0) is 37.3 Å². The molecule has 0 amide bonds. The molecule has 14 heteroatoms. The molecule has 0 atom stereocenters. The van der Waals surface area contributed by atoms with Gasteiger partial charge in [-0.15, -0.1) is 11.3 Å². The zero-order valence-corrected chi connectivity index (χ0v) is 20.9. The predicted molar refractivity (Wildman–Crippen MR) is 129 cm³/mol. The van der Waals surface area contributed by atoms with Crippen molar-refractivity contribution >= 4 is 11.3 Å². The molecule has 0 saturated heterocycles. The lowest BCUT2D eigenvalue weighted by Gasteiger charge is -2.17. The number of benzene rings is 1. The van der Waals surface area contributed by atoms with Gasteiger partial charge in [0.1, 0.15) is 28.8 Å². The quantitative estimate of drug-likeness (QED) is 0.223. The number of alkyl halides is 6. The second kappa shape index (κ2) is 10.7. The minimum Gasteiger partial charge on any atom is -0.478 e. The summed E-state index contributed by atoms with van der Waals surface area (Å²) in [6.07, 6.45) is -8.83. The minimum atomic E-state index is -5.11. The van der Waals surface area contributed by atoms with Crippen molar-refractivity contribution in [2.45, 2.75) is 25.8 Å². The summed E-state index contributed by atoms with van der Waals surface area (Å²) in [6, 6.07) is 7.53. The number of thiophene rings is 1. The first-order valence-electron chi connectivity index (χ1n) is 11.2. The van der Waals surface area contributed by atoms with Crippen LogP contribution in [0.2, 0.25) is 0 Å². The van der Waals surface area contributed by atoms with Crippen LogP contribution >= 0.6 is 11.3 Å². The topological polar surface area (TPSA) is 67.9 Å². The second-order valence-corrected chi connectivity index (χ2v) is 9.31. The van der Waals surface area contributed by atoms with Crippen molar-refractivity contribution in [3.05, 3.63) is 92.9 Å². The fraction of sp³-hybridized carbons (Fsp3) is 0.192. The number of halogens is 8. The van der Waals surface area contributed by atoms with Crippen LogP contribution in [0.1, 0.15) is 29.2 Å². The van der Waals surface area contributed by atoms with Gasteiger partial charge in [-0.25, -0.2) is 13.8 Å². The summed E-state index contributed by atoms with van der Waals surface area (Å²) in [6.45, 7) is 0.736. The Hall–Kier alpha value is -4.25. The molecule has 1 aromatic carbocycles. The highest BCUT2D eigenvalue weighted by Crippen LogP contribution is 2.41. The van der Waals surface area contributed by atoms with Crippen LogP contribution < -0.4 is 10.3 Å². The van der Waals surface area contributed by atoms with Gasteiger partial charge in [-0.2, -0.15) is 31.6 Å². The van der Waals surface area contributed by atoms with E-state index in [9.17, 15) is 45.2 Å². The number of hydrogen-bond donors (Lipinski definition) is 0. The lowest BCUT2D eigenvalue weighted by Crippen LogP contribution is -2.28. The van der Waals surface area contributed by atoms with Gasteiger partial charge in [-0.1, -0.05) is 6.07 Å². The molecule has 40 heavy (non-hydrogen) atoms. The van der Waals surface area contributed by atoms with E-state index < -0.39 is 58.7 Å². The maximum absolute atomic E-state index is 14.4. The highest BCUT2D eigenvalue weighted by atomic mass is 32.1. The smallest absolute Gasteiger partial charge is 0.421 e. The lowest BCUT2D eigenvalue weighted by atomic mass is 10.1. The largest absolute Gasteiger partial charge is 0.478 e. The van der Waals surface area contributed by atoms with Crippen LogP contribution in [0.4, 0.5) is 35.1 Å². The summed E-state index contributed by atoms with van der Waals surface area (Å²) >= 11 is 0.739. The number of pyridine rings is 2. The van der Waals surface area contributed by atoms with E-state index in [1.807, 2.05) is 0 Å². The molecule has 0 aliphatic heterocycles. The normalized spacial score (nSPS) is 11.9. The summed E-state index contributed by atoms with van der Waals surface area (Å²) in [7, 11) is 0. The first-order chi connectivity index (χ1) is 18.7. The summed E-state index contributed by atoms with van der Waals surface area (Å²) in [5.41, 5.74) is -5.99. The molecule has 0 fully saturated rings. The Labute approximate surface area is 224 Å². The third-order valence-electron chi connectivity index (χ3n) is 5.64. The summed E-state index contributed by atoms with van der Waals surface area (Å²) in [4.78, 5) is 16.9. The van der Waals surface area contributed by atoms with E-state index in [2.05, 4.69) is 4.98 Å². The number of nitriles is 1. The number of nitrogens with zero attached hydrogens (tertiary/aromatic N) is 3. The monoisotopic (exact) mass is 585 g/mol. The van der Waals surface area contributed by atoms with Crippen molar-refractivity contribution in [1.82, 2.24) is 9.55 Å². The minimum absolute atomic E-state index is 0.00736. The Morgan fingerprint density at radius 3 is 2.25 bits per heavy atom. The van der Waals surface area contributed by atoms with Crippen LogP contribution in [-0.2, 0) is 18.9 Å². The number of rotatable bonds is 6. The maximum atomic E-state index is 14.4. The van der Waals surface area contributed by atoms with Gasteiger partial charge in [0.2, 0.25) is 5.88 Å². The van der Waals surface area contributed by atoms with E-state index in [0.29, 0.717) is 12.1 Å². The maximum Gasteiger partial charge on any atom is 0.421 e. The van der Waals surface area contributed by atoms with E-state index in [4.69, 9.17) is 4.74 Å². The fourth-order valence-corrected chi connectivity index (χ4v) is 4.84. The predicted octanol–water partition coefficient (Wildman–Crippen LogP) is 7.27. The van der Waals surface area contributed by atoms with Crippen molar-refractivity contribution in [2.75, 3.05) is 6.61 Å². The molecule has 208 valence electrons. The van der Waals surface area contributed by atoms with Crippen molar-refractivity contribution in [3.63, 3.8) is 0 Å². The zero-order chi connectivity index (χ0) is 29.4. The average molecular weight is 585 g/mol. The molecule has 5 nitrogen and oxygen atoms in total. The van der Waals surface area contributed by atoms with Gasteiger partial charge in [0, 0.05) is 28.3 Å². The van der Waals surface area contributed by atoms with Crippen LogP contribution in [0, 0.1) is 23.0 Å². The van der Waals surface area contributed by atoms with Crippen molar-refractivity contribution in [2.24, 2.45) is 0 Å². The Morgan fingerprint density at radius 1 is 0.975 bits per heavy atom. The molecule has 0 spiro atoms. The van der Waals surface area contributed by atoms with Crippen LogP contribution in [0.5, 0.6) is 5.88 Å². The van der Waals surface area contributed by atoms with Crippen LogP contribution in [0.15, 0.2) is 53.5 Å². The van der Waals surface area contributed by atoms with Gasteiger partial charge in [-0.3, -0.25) is 4.79 Å². The van der Waals surface area contributed by atoms with Gasteiger partial charge < -0.3 is 9.30 Å². The summed E-state index contributed by atoms with van der Waals surface area (Å²) in [5.74, 6) is -2.65. The molecular formula is C26H15F8N3O2S. The van der Waals surface area contributed by atoms with E-state index >= 15 is 0 Å². The number of ether oxygens (including phenoxy) is 1. The molecule has 3 aromatic heterocycles. The SMILES string of the molecule is CCOc1ncc(-c2ccc(-c3cc(C(F)(F)F)c(C#N)c(=O)n3Cc3ccc(F)cc3F)s2)cc1C(F)(F)F. The molecule has 3 heterocycles. The van der Waals surface area contributed by atoms with Gasteiger partial charge in [0.25, 0.3) is 5.56 Å². The molecule has 0 aliphatic carbocycles. The van der Waals surface area contributed by atoms with Gasteiger partial charge >= 0.3 is 12.4 Å².